The average molecular weight is 277 g/mol. The molecule has 1 aromatic heterocycles. The third kappa shape index (κ3) is 3.46. The largest absolute Gasteiger partial charge is 0.464 e. The molecule has 1 aromatic rings. The first-order valence-corrected chi connectivity index (χ1v) is 7.28. The highest BCUT2D eigenvalue weighted by atomic mass is 16.5. The summed E-state index contributed by atoms with van der Waals surface area (Å²) in [7, 11) is 1.35. The van der Waals surface area contributed by atoms with Gasteiger partial charge in [-0.25, -0.2) is 14.8 Å². The van der Waals surface area contributed by atoms with Gasteiger partial charge in [-0.1, -0.05) is 26.7 Å². The van der Waals surface area contributed by atoms with Gasteiger partial charge in [0.05, 0.1) is 19.5 Å². The minimum absolute atomic E-state index is 0.257. The van der Waals surface area contributed by atoms with Crippen LogP contribution in [0.25, 0.3) is 0 Å². The van der Waals surface area contributed by atoms with Crippen molar-refractivity contribution in [3.05, 3.63) is 18.1 Å². The van der Waals surface area contributed by atoms with Gasteiger partial charge in [0.15, 0.2) is 5.69 Å². The summed E-state index contributed by atoms with van der Waals surface area (Å²) >= 11 is 0. The summed E-state index contributed by atoms with van der Waals surface area (Å²) < 4.78 is 4.65. The fraction of sp³-hybridized carbons (Fsp3) is 0.667. The molecule has 1 aliphatic rings. The Hall–Kier alpha value is -1.65. The molecule has 0 spiro atoms. The van der Waals surface area contributed by atoms with Crippen LogP contribution in [-0.4, -0.2) is 35.6 Å². The van der Waals surface area contributed by atoms with Gasteiger partial charge in [0.25, 0.3) is 0 Å². The van der Waals surface area contributed by atoms with E-state index in [1.165, 1.54) is 39.0 Å². The molecule has 0 radical (unpaired) electrons. The number of aromatic nitrogens is 2. The van der Waals surface area contributed by atoms with Crippen LogP contribution < -0.4 is 4.90 Å². The Kier molecular flexibility index (Phi) is 4.93. The van der Waals surface area contributed by atoms with Gasteiger partial charge in [0.2, 0.25) is 0 Å². The van der Waals surface area contributed by atoms with Crippen molar-refractivity contribution in [3.63, 3.8) is 0 Å². The normalized spacial score (nSPS) is 15.6. The highest BCUT2D eigenvalue weighted by Gasteiger charge is 2.24. The lowest BCUT2D eigenvalue weighted by Gasteiger charge is -2.31. The zero-order valence-corrected chi connectivity index (χ0v) is 12.5. The van der Waals surface area contributed by atoms with E-state index in [-0.39, 0.29) is 5.69 Å². The number of methoxy groups -OCH3 is 1. The number of hydrogen-bond acceptors (Lipinski definition) is 5. The van der Waals surface area contributed by atoms with E-state index >= 15 is 0 Å². The first kappa shape index (κ1) is 14.8. The molecule has 0 N–H and O–H groups in total. The molecule has 1 aliphatic carbocycles. The van der Waals surface area contributed by atoms with Gasteiger partial charge in [0.1, 0.15) is 5.82 Å². The van der Waals surface area contributed by atoms with E-state index in [0.29, 0.717) is 12.0 Å². The van der Waals surface area contributed by atoms with E-state index in [9.17, 15) is 4.79 Å². The Morgan fingerprint density at radius 1 is 1.35 bits per heavy atom. The van der Waals surface area contributed by atoms with Crippen molar-refractivity contribution < 1.29 is 9.53 Å². The molecule has 5 heteroatoms. The van der Waals surface area contributed by atoms with Crippen LogP contribution in [0.1, 0.15) is 50.0 Å². The van der Waals surface area contributed by atoms with Crippen molar-refractivity contribution in [2.45, 2.75) is 45.6 Å². The van der Waals surface area contributed by atoms with Gasteiger partial charge in [-0.2, -0.15) is 0 Å². The van der Waals surface area contributed by atoms with Crippen LogP contribution in [-0.2, 0) is 4.74 Å². The minimum atomic E-state index is -0.444. The maximum atomic E-state index is 11.4. The lowest BCUT2D eigenvalue weighted by atomic mass is 10.1. The monoisotopic (exact) mass is 277 g/mol. The number of ether oxygens (including phenoxy) is 1. The van der Waals surface area contributed by atoms with Crippen LogP contribution in [0.3, 0.4) is 0 Å². The number of carbonyl (C=O) groups is 1. The van der Waals surface area contributed by atoms with Gasteiger partial charge >= 0.3 is 5.97 Å². The zero-order valence-electron chi connectivity index (χ0n) is 12.5. The van der Waals surface area contributed by atoms with Crippen molar-refractivity contribution in [1.82, 2.24) is 9.97 Å². The molecule has 0 aliphatic heterocycles. The molecule has 0 amide bonds. The molecule has 0 saturated heterocycles. The van der Waals surface area contributed by atoms with Gasteiger partial charge in [-0.05, 0) is 18.8 Å². The highest BCUT2D eigenvalue weighted by Crippen LogP contribution is 2.27. The summed E-state index contributed by atoms with van der Waals surface area (Å²) in [5.74, 6) is 0.983. The summed E-state index contributed by atoms with van der Waals surface area (Å²) in [5.41, 5.74) is 0.257. The molecule has 1 fully saturated rings. The number of esters is 1. The number of rotatable bonds is 5. The molecule has 0 atom stereocenters. The summed E-state index contributed by atoms with van der Waals surface area (Å²) in [6.07, 6.45) is 8.19. The van der Waals surface area contributed by atoms with Crippen LogP contribution >= 0.6 is 0 Å². The maximum Gasteiger partial charge on any atom is 0.358 e. The molecule has 110 valence electrons. The number of anilines is 1. The number of hydrogen-bond donors (Lipinski definition) is 0. The van der Waals surface area contributed by atoms with Gasteiger partial charge in [-0.15, -0.1) is 0 Å². The molecule has 0 bridgehead atoms. The summed E-state index contributed by atoms with van der Waals surface area (Å²) in [6.45, 7) is 5.38. The first-order valence-electron chi connectivity index (χ1n) is 7.28. The van der Waals surface area contributed by atoms with Crippen LogP contribution in [0, 0.1) is 5.92 Å². The van der Waals surface area contributed by atoms with E-state index < -0.39 is 5.97 Å². The molecule has 0 unspecified atom stereocenters. The van der Waals surface area contributed by atoms with Gasteiger partial charge in [0, 0.05) is 12.6 Å². The molecular formula is C15H23N3O2. The summed E-state index contributed by atoms with van der Waals surface area (Å²) in [6, 6.07) is 0.552. The zero-order chi connectivity index (χ0) is 14.5. The predicted molar refractivity (Wildman–Crippen MR) is 77.8 cm³/mol. The van der Waals surface area contributed by atoms with Gasteiger partial charge in [-0.3, -0.25) is 0 Å². The van der Waals surface area contributed by atoms with Crippen molar-refractivity contribution in [1.29, 1.82) is 0 Å². The standard InChI is InChI=1S/C15H23N3O2/c1-11(2)10-18(12-6-4-5-7-12)14-9-16-13(8-17-14)15(19)20-3/h8-9,11-12H,4-7,10H2,1-3H3. The molecule has 2 rings (SSSR count). The van der Waals surface area contributed by atoms with E-state index in [0.717, 1.165) is 12.4 Å². The van der Waals surface area contributed by atoms with Crippen molar-refractivity contribution >= 4 is 11.8 Å². The van der Waals surface area contributed by atoms with E-state index in [2.05, 4.69) is 33.5 Å². The highest BCUT2D eigenvalue weighted by molar-refractivity contribution is 5.86. The lowest BCUT2D eigenvalue weighted by Crippen LogP contribution is -2.37. The van der Waals surface area contributed by atoms with Crippen LogP contribution in [0.5, 0.6) is 0 Å². The Balaban J connectivity index is 2.17. The quantitative estimate of drug-likeness (QED) is 0.774. The summed E-state index contributed by atoms with van der Waals surface area (Å²) in [4.78, 5) is 22.3. The lowest BCUT2D eigenvalue weighted by molar-refractivity contribution is 0.0593. The Labute approximate surface area is 120 Å². The van der Waals surface area contributed by atoms with Crippen LogP contribution in [0.15, 0.2) is 12.4 Å². The van der Waals surface area contributed by atoms with Crippen molar-refractivity contribution in [2.24, 2.45) is 5.92 Å². The maximum absolute atomic E-state index is 11.4. The molecule has 1 saturated carbocycles. The Bertz CT molecular complexity index is 439. The molecule has 1 heterocycles. The Morgan fingerprint density at radius 3 is 2.55 bits per heavy atom. The number of nitrogens with zero attached hydrogens (tertiary/aromatic N) is 3. The number of carbonyl (C=O) groups excluding carboxylic acids is 1. The third-order valence-electron chi connectivity index (χ3n) is 3.65. The van der Waals surface area contributed by atoms with Crippen molar-refractivity contribution in [3.8, 4) is 0 Å². The van der Waals surface area contributed by atoms with Crippen LogP contribution in [0.4, 0.5) is 5.82 Å². The fourth-order valence-corrected chi connectivity index (χ4v) is 2.72. The smallest absolute Gasteiger partial charge is 0.358 e. The van der Waals surface area contributed by atoms with Crippen molar-refractivity contribution in [2.75, 3.05) is 18.6 Å². The second-order valence-corrected chi connectivity index (χ2v) is 5.74. The fourth-order valence-electron chi connectivity index (χ4n) is 2.72. The molecule has 0 aromatic carbocycles. The topological polar surface area (TPSA) is 55.3 Å². The SMILES string of the molecule is COC(=O)c1cnc(N(CC(C)C)C2CCCC2)cn1. The summed E-state index contributed by atoms with van der Waals surface area (Å²) in [5, 5.41) is 0. The van der Waals surface area contributed by atoms with E-state index in [1.54, 1.807) is 6.20 Å². The van der Waals surface area contributed by atoms with E-state index in [1.807, 2.05) is 0 Å². The third-order valence-corrected chi connectivity index (χ3v) is 3.65. The molecule has 20 heavy (non-hydrogen) atoms. The van der Waals surface area contributed by atoms with Gasteiger partial charge < -0.3 is 9.64 Å². The predicted octanol–water partition coefficient (Wildman–Crippen LogP) is 2.67. The second kappa shape index (κ2) is 6.68. The average Bonchev–Trinajstić information content (AvgIpc) is 2.98. The minimum Gasteiger partial charge on any atom is -0.464 e. The molecular weight excluding hydrogens is 254 g/mol. The Morgan fingerprint density at radius 2 is 2.05 bits per heavy atom. The van der Waals surface area contributed by atoms with Crippen LogP contribution in [0.2, 0.25) is 0 Å². The molecule has 5 nitrogen and oxygen atoms in total. The van der Waals surface area contributed by atoms with E-state index in [4.69, 9.17) is 0 Å². The second-order valence-electron chi connectivity index (χ2n) is 5.74. The first-order chi connectivity index (χ1) is 9.61.